The fourth-order valence-corrected chi connectivity index (χ4v) is 0.975. The molecule has 0 aliphatic heterocycles. The third-order valence-electron chi connectivity index (χ3n) is 0.334. The summed E-state index contributed by atoms with van der Waals surface area (Å²) in [5.41, 5.74) is 1.67. The molecule has 1 rings (SSSR count). The maximum atomic E-state index is 3.76. The highest BCUT2D eigenvalue weighted by molar-refractivity contribution is 9.10. The van der Waals surface area contributed by atoms with Crippen molar-refractivity contribution < 1.29 is 0 Å². The predicted octanol–water partition coefficient (Wildman–Crippen LogP) is 1.30. The molecule has 2 nitrogen and oxygen atoms in total. The van der Waals surface area contributed by atoms with Gasteiger partial charge in [0.05, 0.1) is 0 Å². The van der Waals surface area contributed by atoms with Crippen molar-refractivity contribution in [3.8, 4) is 0 Å². The molecule has 0 unspecified atom stereocenters. The number of hydrogen-bond acceptors (Lipinski definition) is 3. The quantitative estimate of drug-likeness (QED) is 0.578. The van der Waals surface area contributed by atoms with Gasteiger partial charge in [-0.05, 0) is 27.5 Å². The first kappa shape index (κ1) is 4.21. The first-order valence-corrected chi connectivity index (χ1v) is 2.94. The smallest absolute Gasteiger partial charge is 0.208 e. The molecule has 0 saturated carbocycles. The zero-order valence-electron chi connectivity index (χ0n) is 2.76. The van der Waals surface area contributed by atoms with E-state index in [1.807, 2.05) is 0 Å². The Labute approximate surface area is 47.5 Å². The van der Waals surface area contributed by atoms with Crippen LogP contribution in [0.3, 0.4) is 0 Å². The van der Waals surface area contributed by atoms with Crippen molar-refractivity contribution in [3.05, 3.63) is 10.2 Å². The van der Waals surface area contributed by atoms with E-state index in [0.29, 0.717) is 4.73 Å². The summed E-state index contributed by atoms with van der Waals surface area (Å²) in [5.74, 6) is 0. The molecule has 0 N–H and O–H groups in total. The van der Waals surface area contributed by atoms with Gasteiger partial charge in [0.15, 0.2) is 0 Å². The molecule has 0 radical (unpaired) electrons. The lowest BCUT2D eigenvalue weighted by Gasteiger charge is -1.60. The lowest BCUT2D eigenvalue weighted by Crippen LogP contribution is -1.56. The van der Waals surface area contributed by atoms with Gasteiger partial charge in [0.25, 0.3) is 0 Å². The summed E-state index contributed by atoms with van der Waals surface area (Å²) < 4.78 is 4.44. The van der Waals surface area contributed by atoms with E-state index >= 15 is 0 Å². The molecule has 0 aromatic carbocycles. The lowest BCUT2D eigenvalue weighted by atomic mass is 11.3. The molecule has 0 amide bonds. The van der Waals surface area contributed by atoms with E-state index in [2.05, 4.69) is 25.3 Å². The summed E-state index contributed by atoms with van der Waals surface area (Å²) in [6, 6.07) is 0. The monoisotopic (exact) mass is 164 g/mol. The lowest BCUT2D eigenvalue weighted by molar-refractivity contribution is 1.26. The second-order valence-corrected chi connectivity index (χ2v) is 2.01. The second-order valence-electron chi connectivity index (χ2n) is 0.700. The van der Waals surface area contributed by atoms with Crippen LogP contribution >= 0.6 is 27.5 Å². The largest absolute Gasteiger partial charge is 0.217 e. The molecular formula is C2HBrN2S. The standard InChI is InChI=1S/C2HBrN2S/c3-2-4-1-6-5-2/h1H. The molecule has 0 saturated heterocycles. The number of nitrogens with zero attached hydrogens (tertiary/aromatic N) is 2. The fourth-order valence-electron chi connectivity index (χ4n) is 0.158. The average molecular weight is 165 g/mol. The molecule has 0 aliphatic rings. The Bertz CT molecular complexity index is 115. The van der Waals surface area contributed by atoms with Crippen molar-refractivity contribution in [1.29, 1.82) is 0 Å². The van der Waals surface area contributed by atoms with Gasteiger partial charge in [-0.2, -0.15) is 4.37 Å². The van der Waals surface area contributed by atoms with E-state index < -0.39 is 0 Å². The van der Waals surface area contributed by atoms with E-state index in [-0.39, 0.29) is 0 Å². The minimum absolute atomic E-state index is 0.674. The minimum Gasteiger partial charge on any atom is -0.217 e. The predicted molar refractivity (Wildman–Crippen MR) is 27.6 cm³/mol. The first-order valence-electron chi connectivity index (χ1n) is 1.31. The summed E-state index contributed by atoms with van der Waals surface area (Å²) in [6.45, 7) is 0. The summed E-state index contributed by atoms with van der Waals surface area (Å²) in [5, 5.41) is 0. The summed E-state index contributed by atoms with van der Waals surface area (Å²) in [6.07, 6.45) is 0. The van der Waals surface area contributed by atoms with Gasteiger partial charge in [0.1, 0.15) is 5.51 Å². The van der Waals surface area contributed by atoms with Crippen LogP contribution in [0.1, 0.15) is 0 Å². The van der Waals surface area contributed by atoms with Crippen LogP contribution in [0.4, 0.5) is 0 Å². The van der Waals surface area contributed by atoms with Crippen LogP contribution < -0.4 is 0 Å². The van der Waals surface area contributed by atoms with Crippen molar-refractivity contribution in [2.75, 3.05) is 0 Å². The van der Waals surface area contributed by atoms with Crippen molar-refractivity contribution in [1.82, 2.24) is 9.36 Å². The second kappa shape index (κ2) is 1.66. The number of hydrogen-bond donors (Lipinski definition) is 0. The highest BCUT2D eigenvalue weighted by Crippen LogP contribution is 2.00. The summed E-state index contributed by atoms with van der Waals surface area (Å²) in [4.78, 5) is 3.74. The van der Waals surface area contributed by atoms with Crippen LogP contribution in [-0.2, 0) is 0 Å². The van der Waals surface area contributed by atoms with Crippen LogP contribution in [0.5, 0.6) is 0 Å². The molecule has 0 spiro atoms. The molecule has 0 fully saturated rings. The number of rotatable bonds is 0. The normalized spacial score (nSPS) is 8.83. The Morgan fingerprint density at radius 2 is 2.67 bits per heavy atom. The van der Waals surface area contributed by atoms with Crippen molar-refractivity contribution in [2.24, 2.45) is 0 Å². The molecule has 0 aliphatic carbocycles. The molecule has 0 atom stereocenters. The SMILES string of the molecule is Brc1ncsn1. The van der Waals surface area contributed by atoms with Crippen molar-refractivity contribution >= 4 is 27.5 Å². The van der Waals surface area contributed by atoms with Crippen LogP contribution in [0.25, 0.3) is 0 Å². The molecule has 4 heteroatoms. The van der Waals surface area contributed by atoms with Crippen LogP contribution in [-0.4, -0.2) is 9.36 Å². The molecule has 1 aromatic heterocycles. The van der Waals surface area contributed by atoms with Gasteiger partial charge in [0.2, 0.25) is 4.73 Å². The zero-order valence-corrected chi connectivity index (χ0v) is 5.16. The van der Waals surface area contributed by atoms with E-state index in [1.54, 1.807) is 5.51 Å². The van der Waals surface area contributed by atoms with Gasteiger partial charge in [-0.1, -0.05) is 0 Å². The Morgan fingerprint density at radius 3 is 2.83 bits per heavy atom. The average Bonchev–Trinajstić information content (AvgIpc) is 1.86. The molecular weight excluding hydrogens is 164 g/mol. The maximum absolute atomic E-state index is 3.76. The third kappa shape index (κ3) is 0.753. The van der Waals surface area contributed by atoms with Gasteiger partial charge in [0, 0.05) is 0 Å². The van der Waals surface area contributed by atoms with Crippen LogP contribution in [0, 0.1) is 0 Å². The van der Waals surface area contributed by atoms with Crippen LogP contribution in [0.2, 0.25) is 0 Å². The Kier molecular flexibility index (Phi) is 1.16. The molecule has 0 bridgehead atoms. The Hall–Kier alpha value is 0.0400. The fraction of sp³-hybridized carbons (Fsp3) is 0. The van der Waals surface area contributed by atoms with E-state index in [1.165, 1.54) is 11.5 Å². The zero-order chi connectivity index (χ0) is 4.41. The molecule has 32 valence electrons. The van der Waals surface area contributed by atoms with Gasteiger partial charge in [-0.3, -0.25) is 0 Å². The van der Waals surface area contributed by atoms with Gasteiger partial charge < -0.3 is 0 Å². The van der Waals surface area contributed by atoms with Crippen LogP contribution in [0.15, 0.2) is 10.2 Å². The maximum Gasteiger partial charge on any atom is 0.208 e. The molecule has 1 aromatic rings. The highest BCUT2D eigenvalue weighted by atomic mass is 79.9. The van der Waals surface area contributed by atoms with Crippen molar-refractivity contribution in [3.63, 3.8) is 0 Å². The minimum atomic E-state index is 0.674. The Balaban J connectivity index is 3.05. The molecule has 1 heterocycles. The third-order valence-corrected chi connectivity index (χ3v) is 1.43. The number of aromatic nitrogens is 2. The Morgan fingerprint density at radius 1 is 1.83 bits per heavy atom. The summed E-state index contributed by atoms with van der Waals surface area (Å²) in [7, 11) is 0. The summed E-state index contributed by atoms with van der Waals surface area (Å²) >= 11 is 4.40. The van der Waals surface area contributed by atoms with Crippen molar-refractivity contribution in [2.45, 2.75) is 0 Å². The highest BCUT2D eigenvalue weighted by Gasteiger charge is 1.80. The van der Waals surface area contributed by atoms with Gasteiger partial charge in [-0.15, -0.1) is 0 Å². The van der Waals surface area contributed by atoms with E-state index in [0.717, 1.165) is 0 Å². The molecule has 6 heavy (non-hydrogen) atoms. The number of halogens is 1. The van der Waals surface area contributed by atoms with E-state index in [9.17, 15) is 0 Å². The van der Waals surface area contributed by atoms with E-state index in [4.69, 9.17) is 0 Å². The van der Waals surface area contributed by atoms with Gasteiger partial charge >= 0.3 is 0 Å². The van der Waals surface area contributed by atoms with Gasteiger partial charge in [-0.25, -0.2) is 4.98 Å². The first-order chi connectivity index (χ1) is 2.89. The topological polar surface area (TPSA) is 25.8 Å².